The van der Waals surface area contributed by atoms with Crippen molar-refractivity contribution in [3.05, 3.63) is 12.4 Å². The largest absolute Gasteiger partial charge is 0.381 e. The Morgan fingerprint density at radius 2 is 2.23 bits per heavy atom. The van der Waals surface area contributed by atoms with E-state index in [2.05, 4.69) is 20.5 Å². The molecule has 13 heavy (non-hydrogen) atoms. The monoisotopic (exact) mass is 182 g/mol. The fraction of sp³-hybridized carbons (Fsp3) is 0.429. The van der Waals surface area contributed by atoms with Crippen LogP contribution in [0.4, 0.5) is 5.95 Å². The molecule has 6 nitrogen and oxygen atoms in total. The molecule has 0 bridgehead atoms. The number of aromatic nitrogens is 3. The predicted molar refractivity (Wildman–Crippen MR) is 44.8 cm³/mol. The second kappa shape index (κ2) is 3.44. The van der Waals surface area contributed by atoms with Crippen molar-refractivity contribution in [1.82, 2.24) is 15.2 Å². The van der Waals surface area contributed by atoms with E-state index in [9.17, 15) is 9.90 Å². The molecule has 0 aliphatic rings. The molecule has 1 aromatic heterocycles. The highest BCUT2D eigenvalue weighted by Gasteiger charge is 2.24. The summed E-state index contributed by atoms with van der Waals surface area (Å²) in [4.78, 5) is 14.9. The first-order valence-corrected chi connectivity index (χ1v) is 3.67. The highest BCUT2D eigenvalue weighted by molar-refractivity contribution is 5.94. The molecule has 0 aliphatic heterocycles. The van der Waals surface area contributed by atoms with Gasteiger partial charge in [-0.25, -0.2) is 4.98 Å². The quantitative estimate of drug-likeness (QED) is 0.648. The molecule has 0 saturated heterocycles. The van der Waals surface area contributed by atoms with Gasteiger partial charge in [0.25, 0.3) is 5.91 Å². The Kier molecular flexibility index (Phi) is 2.52. The van der Waals surface area contributed by atoms with Gasteiger partial charge in [0.15, 0.2) is 0 Å². The van der Waals surface area contributed by atoms with Crippen LogP contribution in [0.25, 0.3) is 0 Å². The summed E-state index contributed by atoms with van der Waals surface area (Å²) in [6, 6.07) is 0. The first kappa shape index (κ1) is 9.53. The van der Waals surface area contributed by atoms with Crippen LogP contribution in [0.5, 0.6) is 0 Å². The number of carbonyl (C=O) groups is 1. The first-order chi connectivity index (χ1) is 6.00. The van der Waals surface area contributed by atoms with E-state index in [-0.39, 0.29) is 5.95 Å². The summed E-state index contributed by atoms with van der Waals surface area (Å²) in [5.74, 6) is -0.491. The van der Waals surface area contributed by atoms with Gasteiger partial charge in [-0.1, -0.05) is 0 Å². The fourth-order valence-electron chi connectivity index (χ4n) is 0.559. The third-order valence-electron chi connectivity index (χ3n) is 1.26. The molecule has 1 amide bonds. The van der Waals surface area contributed by atoms with Gasteiger partial charge in [0.2, 0.25) is 5.95 Å². The summed E-state index contributed by atoms with van der Waals surface area (Å²) in [6.45, 7) is 2.75. The number of amides is 1. The summed E-state index contributed by atoms with van der Waals surface area (Å²) >= 11 is 0. The number of nitrogens with zero attached hydrogens (tertiary/aromatic N) is 3. The standard InChI is InChI=1S/C7H10N4O2/c1-7(2,13)5(12)10-6-8-3-4-9-11-6/h3-4,13H,1-2H3,(H,8,10,11,12). The SMILES string of the molecule is CC(C)(O)C(=O)Nc1nccnn1. The van der Waals surface area contributed by atoms with Gasteiger partial charge in [0.05, 0.1) is 12.4 Å². The molecule has 70 valence electrons. The van der Waals surface area contributed by atoms with Crippen LogP contribution in [0.3, 0.4) is 0 Å². The molecule has 0 unspecified atom stereocenters. The van der Waals surface area contributed by atoms with Crippen molar-refractivity contribution in [2.24, 2.45) is 0 Å². The Morgan fingerprint density at radius 3 is 2.69 bits per heavy atom. The molecule has 6 heteroatoms. The minimum Gasteiger partial charge on any atom is -0.381 e. The summed E-state index contributed by atoms with van der Waals surface area (Å²) in [6.07, 6.45) is 2.78. The predicted octanol–water partition coefficient (Wildman–Crippen LogP) is -0.419. The van der Waals surface area contributed by atoms with Crippen LogP contribution < -0.4 is 5.32 Å². The van der Waals surface area contributed by atoms with Crippen LogP contribution >= 0.6 is 0 Å². The Morgan fingerprint density at radius 1 is 1.54 bits per heavy atom. The number of carbonyl (C=O) groups excluding carboxylic acids is 1. The van der Waals surface area contributed by atoms with Gasteiger partial charge >= 0.3 is 0 Å². The number of hydrogen-bond acceptors (Lipinski definition) is 5. The van der Waals surface area contributed by atoms with Crippen molar-refractivity contribution in [2.75, 3.05) is 5.32 Å². The lowest BCUT2D eigenvalue weighted by Crippen LogP contribution is -2.37. The molecule has 2 N–H and O–H groups in total. The topological polar surface area (TPSA) is 88.0 Å². The van der Waals surface area contributed by atoms with Crippen LogP contribution in [0.2, 0.25) is 0 Å². The Hall–Kier alpha value is -1.56. The van der Waals surface area contributed by atoms with Gasteiger partial charge < -0.3 is 5.11 Å². The fourth-order valence-corrected chi connectivity index (χ4v) is 0.559. The average Bonchev–Trinajstić information content (AvgIpc) is 2.04. The number of hydrogen-bond donors (Lipinski definition) is 2. The smallest absolute Gasteiger partial charge is 0.258 e. The Bertz CT molecular complexity index is 293. The van der Waals surface area contributed by atoms with Gasteiger partial charge in [0, 0.05) is 0 Å². The second-order valence-electron chi connectivity index (χ2n) is 2.98. The molecule has 1 aromatic rings. The highest BCUT2D eigenvalue weighted by Crippen LogP contribution is 2.04. The van der Waals surface area contributed by atoms with E-state index in [1.807, 2.05) is 0 Å². The van der Waals surface area contributed by atoms with Crippen molar-refractivity contribution in [1.29, 1.82) is 0 Å². The van der Waals surface area contributed by atoms with Crippen molar-refractivity contribution < 1.29 is 9.90 Å². The van der Waals surface area contributed by atoms with Gasteiger partial charge in [-0.2, -0.15) is 5.10 Å². The molecule has 0 aromatic carbocycles. The molecule has 1 rings (SSSR count). The van der Waals surface area contributed by atoms with E-state index in [0.29, 0.717) is 0 Å². The van der Waals surface area contributed by atoms with Gasteiger partial charge in [-0.05, 0) is 13.8 Å². The molecule has 0 aliphatic carbocycles. The maximum atomic E-state index is 11.2. The molecular weight excluding hydrogens is 172 g/mol. The minimum absolute atomic E-state index is 0.0784. The van der Waals surface area contributed by atoms with E-state index >= 15 is 0 Å². The highest BCUT2D eigenvalue weighted by atomic mass is 16.3. The number of anilines is 1. The van der Waals surface area contributed by atoms with Crippen molar-refractivity contribution in [2.45, 2.75) is 19.4 Å². The number of aliphatic hydroxyl groups is 1. The zero-order valence-corrected chi connectivity index (χ0v) is 7.35. The van der Waals surface area contributed by atoms with Crippen LogP contribution in [-0.2, 0) is 4.79 Å². The van der Waals surface area contributed by atoms with E-state index in [0.717, 1.165) is 0 Å². The van der Waals surface area contributed by atoms with Gasteiger partial charge in [-0.15, -0.1) is 5.10 Å². The van der Waals surface area contributed by atoms with Crippen LogP contribution in [-0.4, -0.2) is 31.8 Å². The molecule has 0 radical (unpaired) electrons. The van der Waals surface area contributed by atoms with Crippen molar-refractivity contribution in [3.63, 3.8) is 0 Å². The summed E-state index contributed by atoms with van der Waals surface area (Å²) in [7, 11) is 0. The van der Waals surface area contributed by atoms with E-state index in [1.165, 1.54) is 26.2 Å². The Balaban J connectivity index is 2.66. The van der Waals surface area contributed by atoms with Gasteiger partial charge in [-0.3, -0.25) is 10.1 Å². The lowest BCUT2D eigenvalue weighted by atomic mass is 10.1. The third kappa shape index (κ3) is 2.75. The normalized spacial score (nSPS) is 11.0. The maximum Gasteiger partial charge on any atom is 0.258 e. The zero-order chi connectivity index (χ0) is 9.90. The summed E-state index contributed by atoms with van der Waals surface area (Å²) in [5, 5.41) is 18.6. The van der Waals surface area contributed by atoms with E-state index < -0.39 is 11.5 Å². The average molecular weight is 182 g/mol. The zero-order valence-electron chi connectivity index (χ0n) is 7.35. The molecule has 1 heterocycles. The molecule has 0 saturated carbocycles. The molecule has 0 atom stereocenters. The van der Waals surface area contributed by atoms with Crippen LogP contribution in [0, 0.1) is 0 Å². The maximum absolute atomic E-state index is 11.2. The van der Waals surface area contributed by atoms with E-state index in [1.54, 1.807) is 0 Å². The molecule has 0 fully saturated rings. The lowest BCUT2D eigenvalue weighted by Gasteiger charge is -2.14. The van der Waals surface area contributed by atoms with E-state index in [4.69, 9.17) is 0 Å². The van der Waals surface area contributed by atoms with Crippen molar-refractivity contribution in [3.8, 4) is 0 Å². The lowest BCUT2D eigenvalue weighted by molar-refractivity contribution is -0.130. The number of nitrogens with one attached hydrogen (secondary N) is 1. The van der Waals surface area contributed by atoms with Crippen molar-refractivity contribution >= 4 is 11.9 Å². The summed E-state index contributed by atoms with van der Waals surface area (Å²) in [5.41, 5.74) is -1.45. The summed E-state index contributed by atoms with van der Waals surface area (Å²) < 4.78 is 0. The minimum atomic E-state index is -1.45. The van der Waals surface area contributed by atoms with Gasteiger partial charge in [0.1, 0.15) is 5.60 Å². The Labute approximate surface area is 75.0 Å². The van der Waals surface area contributed by atoms with Crippen LogP contribution in [0.15, 0.2) is 12.4 Å². The molecular formula is C7H10N4O2. The molecule has 0 spiro atoms. The third-order valence-corrected chi connectivity index (χ3v) is 1.26. The first-order valence-electron chi connectivity index (χ1n) is 3.67. The van der Waals surface area contributed by atoms with Crippen LogP contribution in [0.1, 0.15) is 13.8 Å². The number of rotatable bonds is 2. The second-order valence-corrected chi connectivity index (χ2v) is 2.98.